The van der Waals surface area contributed by atoms with Gasteiger partial charge in [-0.25, -0.2) is 9.59 Å². The van der Waals surface area contributed by atoms with Crippen LogP contribution in [0.4, 0.5) is 11.4 Å². The van der Waals surface area contributed by atoms with E-state index in [1.807, 2.05) is 0 Å². The predicted molar refractivity (Wildman–Crippen MR) is 114 cm³/mol. The van der Waals surface area contributed by atoms with Gasteiger partial charge in [-0.15, -0.1) is 0 Å². The number of ether oxygens (including phenoxy) is 4. The first-order valence-corrected chi connectivity index (χ1v) is 9.95. The Morgan fingerprint density at radius 1 is 0.758 bits per heavy atom. The molecule has 176 valence electrons. The summed E-state index contributed by atoms with van der Waals surface area (Å²) in [4.78, 5) is 45.2. The number of hydrogen-bond acceptors (Lipinski definition) is 10. The van der Waals surface area contributed by atoms with Crippen molar-refractivity contribution in [1.82, 2.24) is 0 Å². The third kappa shape index (κ3) is 6.89. The van der Waals surface area contributed by atoms with E-state index in [1.54, 1.807) is 13.8 Å². The molecule has 0 saturated heterocycles. The fourth-order valence-electron chi connectivity index (χ4n) is 2.68. The van der Waals surface area contributed by atoms with Gasteiger partial charge in [0.25, 0.3) is 0 Å². The molecule has 0 fully saturated rings. The Hall–Kier alpha value is -4.22. The molecule has 2 aromatic carbocycles. The number of esters is 2. The Labute approximate surface area is 188 Å². The van der Waals surface area contributed by atoms with Crippen LogP contribution in [0.3, 0.4) is 0 Å². The molecule has 0 aliphatic rings. The van der Waals surface area contributed by atoms with Gasteiger partial charge in [-0.1, -0.05) is 0 Å². The van der Waals surface area contributed by atoms with Gasteiger partial charge in [0.1, 0.15) is 0 Å². The van der Waals surface area contributed by atoms with Crippen molar-refractivity contribution in [3.63, 3.8) is 0 Å². The van der Waals surface area contributed by atoms with E-state index >= 15 is 0 Å². The molecule has 2 rings (SSSR count). The summed E-state index contributed by atoms with van der Waals surface area (Å²) in [7, 11) is 0. The summed E-state index contributed by atoms with van der Waals surface area (Å²) < 4.78 is 20.4. The van der Waals surface area contributed by atoms with Gasteiger partial charge < -0.3 is 18.9 Å². The van der Waals surface area contributed by atoms with E-state index in [0.717, 1.165) is 12.1 Å². The molecule has 0 saturated carbocycles. The summed E-state index contributed by atoms with van der Waals surface area (Å²) in [5.41, 5.74) is -0.762. The van der Waals surface area contributed by atoms with Crippen molar-refractivity contribution in [2.45, 2.75) is 20.3 Å². The largest absolute Gasteiger partial charge is 0.487 e. The summed E-state index contributed by atoms with van der Waals surface area (Å²) in [6.45, 7) is 3.58. The quantitative estimate of drug-likeness (QED) is 0.197. The molecule has 0 heterocycles. The number of carbonyl (C=O) groups excluding carboxylic acids is 2. The van der Waals surface area contributed by atoms with Gasteiger partial charge in [-0.2, -0.15) is 0 Å². The minimum Gasteiger partial charge on any atom is -0.487 e. The van der Waals surface area contributed by atoms with Crippen molar-refractivity contribution in [3.05, 3.63) is 67.8 Å². The first-order chi connectivity index (χ1) is 15.8. The summed E-state index contributed by atoms with van der Waals surface area (Å²) in [6.07, 6.45) is 0.149. The molecule has 33 heavy (non-hydrogen) atoms. The molecule has 0 bridgehead atoms. The molecule has 2 aromatic rings. The van der Waals surface area contributed by atoms with Crippen LogP contribution in [-0.4, -0.2) is 48.2 Å². The molecule has 0 N–H and O–H groups in total. The molecule has 0 aliphatic heterocycles. The monoisotopic (exact) mass is 462 g/mol. The van der Waals surface area contributed by atoms with Gasteiger partial charge in [0.2, 0.25) is 0 Å². The highest BCUT2D eigenvalue weighted by molar-refractivity contribution is 5.91. The van der Waals surface area contributed by atoms with Crippen molar-refractivity contribution in [1.29, 1.82) is 0 Å². The highest BCUT2D eigenvalue weighted by Gasteiger charge is 2.20. The van der Waals surface area contributed by atoms with Gasteiger partial charge in [-0.05, 0) is 38.1 Å². The second kappa shape index (κ2) is 12.0. The molecule has 0 atom stereocenters. The van der Waals surface area contributed by atoms with E-state index in [1.165, 1.54) is 24.3 Å². The molecule has 12 heteroatoms. The normalized spacial score (nSPS) is 10.2. The molecule has 0 amide bonds. The topological polar surface area (TPSA) is 157 Å². The lowest BCUT2D eigenvalue weighted by atomic mass is 10.2. The van der Waals surface area contributed by atoms with Crippen LogP contribution in [0.25, 0.3) is 0 Å². The Kier molecular flexibility index (Phi) is 9.09. The van der Waals surface area contributed by atoms with E-state index < -0.39 is 21.8 Å². The minimum absolute atomic E-state index is 0.0242. The first kappa shape index (κ1) is 25.0. The average Bonchev–Trinajstić information content (AvgIpc) is 2.79. The maximum atomic E-state index is 12.1. The molecule has 0 radical (unpaired) electrons. The van der Waals surface area contributed by atoms with Crippen LogP contribution in [-0.2, 0) is 9.47 Å². The fourth-order valence-corrected chi connectivity index (χ4v) is 2.68. The second-order valence-electron chi connectivity index (χ2n) is 6.37. The number of benzene rings is 2. The molecular weight excluding hydrogens is 440 g/mol. The molecule has 0 aliphatic carbocycles. The Morgan fingerprint density at radius 2 is 1.15 bits per heavy atom. The van der Waals surface area contributed by atoms with Crippen LogP contribution in [0.1, 0.15) is 41.0 Å². The van der Waals surface area contributed by atoms with Gasteiger partial charge in [0, 0.05) is 18.6 Å². The highest BCUT2D eigenvalue weighted by atomic mass is 16.6. The molecule has 12 nitrogen and oxygen atoms in total. The van der Waals surface area contributed by atoms with E-state index in [9.17, 15) is 29.8 Å². The zero-order chi connectivity index (χ0) is 24.4. The number of rotatable bonds is 12. The Bertz CT molecular complexity index is 956. The van der Waals surface area contributed by atoms with Crippen molar-refractivity contribution >= 4 is 23.3 Å². The summed E-state index contributed by atoms with van der Waals surface area (Å²) in [5.74, 6) is -1.48. The lowest BCUT2D eigenvalue weighted by Gasteiger charge is -2.09. The zero-order valence-corrected chi connectivity index (χ0v) is 18.0. The van der Waals surface area contributed by atoms with Gasteiger partial charge in [0.15, 0.2) is 11.5 Å². The van der Waals surface area contributed by atoms with Gasteiger partial charge >= 0.3 is 23.3 Å². The van der Waals surface area contributed by atoms with E-state index in [0.29, 0.717) is 0 Å². The van der Waals surface area contributed by atoms with Crippen LogP contribution in [0.15, 0.2) is 36.4 Å². The minimum atomic E-state index is -0.783. The van der Waals surface area contributed by atoms with Crippen LogP contribution < -0.4 is 9.47 Å². The van der Waals surface area contributed by atoms with Crippen LogP contribution in [0, 0.1) is 20.2 Å². The summed E-state index contributed by atoms with van der Waals surface area (Å²) in [6, 6.07) is 7.45. The van der Waals surface area contributed by atoms with Crippen LogP contribution >= 0.6 is 0 Å². The first-order valence-electron chi connectivity index (χ1n) is 9.95. The smallest absolute Gasteiger partial charge is 0.338 e. The third-order valence-corrected chi connectivity index (χ3v) is 4.14. The van der Waals surface area contributed by atoms with Gasteiger partial charge in [0.05, 0.1) is 47.4 Å². The van der Waals surface area contributed by atoms with E-state index in [-0.39, 0.29) is 66.8 Å². The Balaban J connectivity index is 1.87. The van der Waals surface area contributed by atoms with Crippen molar-refractivity contribution in [2.75, 3.05) is 26.4 Å². The number of nitrogens with zero attached hydrogens (tertiary/aromatic N) is 2. The number of hydrogen-bond donors (Lipinski definition) is 0. The number of nitro groups is 2. The maximum absolute atomic E-state index is 12.1. The third-order valence-electron chi connectivity index (χ3n) is 4.14. The molecular formula is C21H22N2O10. The van der Waals surface area contributed by atoms with E-state index in [4.69, 9.17) is 18.9 Å². The SMILES string of the molecule is CCOc1ccc(C(=O)OCCCOC(=O)c2ccc(OCC)c([N+](=O)[O-])c2)cc1[N+](=O)[O-]. The van der Waals surface area contributed by atoms with Gasteiger partial charge in [-0.3, -0.25) is 20.2 Å². The maximum Gasteiger partial charge on any atom is 0.338 e. The average molecular weight is 462 g/mol. The Morgan fingerprint density at radius 3 is 1.48 bits per heavy atom. The molecule has 0 aromatic heterocycles. The van der Waals surface area contributed by atoms with Crippen LogP contribution in [0.2, 0.25) is 0 Å². The number of nitro benzene ring substituents is 2. The standard InChI is InChI=1S/C21H22N2O10/c1-3-30-18-8-6-14(12-16(18)22(26)27)20(24)32-10-5-11-33-21(25)15-7-9-19(31-4-2)17(13-15)23(28)29/h6-9,12-13H,3-5,10-11H2,1-2H3. The predicted octanol–water partition coefficient (Wildman–Crippen LogP) is 3.70. The molecule has 0 spiro atoms. The van der Waals surface area contributed by atoms with Crippen molar-refractivity contribution < 1.29 is 38.4 Å². The highest BCUT2D eigenvalue weighted by Crippen LogP contribution is 2.29. The second-order valence-corrected chi connectivity index (χ2v) is 6.37. The number of carbonyl (C=O) groups is 2. The summed E-state index contributed by atoms with van der Waals surface area (Å²) in [5, 5.41) is 22.3. The van der Waals surface area contributed by atoms with Crippen molar-refractivity contribution in [2.24, 2.45) is 0 Å². The summed E-state index contributed by atoms with van der Waals surface area (Å²) >= 11 is 0. The fraction of sp³-hybridized carbons (Fsp3) is 0.333. The lowest BCUT2D eigenvalue weighted by Crippen LogP contribution is -2.12. The van der Waals surface area contributed by atoms with Crippen molar-refractivity contribution in [3.8, 4) is 11.5 Å². The zero-order valence-electron chi connectivity index (χ0n) is 18.0. The van der Waals surface area contributed by atoms with E-state index in [2.05, 4.69) is 0 Å². The van der Waals surface area contributed by atoms with Crippen LogP contribution in [0.5, 0.6) is 11.5 Å². The molecule has 0 unspecified atom stereocenters. The lowest BCUT2D eigenvalue weighted by molar-refractivity contribution is -0.386.